The van der Waals surface area contributed by atoms with E-state index in [4.69, 9.17) is 56.3 Å². The summed E-state index contributed by atoms with van der Waals surface area (Å²) in [5.41, 5.74) is 0.955. The maximum Gasteiger partial charge on any atom is 0.340 e. The highest BCUT2D eigenvalue weighted by molar-refractivity contribution is 7.98. The molecule has 13 nitrogen and oxygen atoms in total. The number of para-hydroxylation sites is 1. The normalized spacial score (nSPS) is 20.9. The molecule has 0 spiro atoms. The van der Waals surface area contributed by atoms with Crippen molar-refractivity contribution in [1.82, 2.24) is 9.55 Å². The van der Waals surface area contributed by atoms with Crippen LogP contribution in [0, 0.1) is 0 Å². The number of ether oxygens (including phenoxy) is 5. The van der Waals surface area contributed by atoms with Crippen LogP contribution < -0.4 is 5.63 Å². The molecule has 4 aromatic rings. The van der Waals surface area contributed by atoms with E-state index in [2.05, 4.69) is 0 Å². The molecule has 3 heterocycles. The van der Waals surface area contributed by atoms with E-state index in [1.807, 2.05) is 12.1 Å². The molecule has 0 bridgehead atoms. The smallest absolute Gasteiger partial charge is 0.340 e. The number of nitrogens with zero attached hydrogens (tertiary/aromatic N) is 2. The van der Waals surface area contributed by atoms with Crippen LogP contribution in [-0.2, 0) is 48.6 Å². The second kappa shape index (κ2) is 14.3. The van der Waals surface area contributed by atoms with Gasteiger partial charge in [-0.1, -0.05) is 53.2 Å². The van der Waals surface area contributed by atoms with Crippen molar-refractivity contribution < 1.29 is 47.3 Å². The van der Waals surface area contributed by atoms with E-state index in [-0.39, 0.29) is 21.0 Å². The summed E-state index contributed by atoms with van der Waals surface area (Å²) in [6.45, 7) is 4.17. The van der Waals surface area contributed by atoms with Gasteiger partial charge in [0.25, 0.3) is 0 Å². The van der Waals surface area contributed by atoms with Crippen molar-refractivity contribution in [1.29, 1.82) is 0 Å². The van der Waals surface area contributed by atoms with Gasteiger partial charge in [0.05, 0.1) is 21.1 Å². The molecule has 1 fully saturated rings. The minimum absolute atomic E-state index is 0.0865. The van der Waals surface area contributed by atoms with E-state index < -0.39 is 66.8 Å². The predicted octanol–water partition coefficient (Wildman–Crippen LogP) is 5.00. The third-order valence-corrected chi connectivity index (χ3v) is 8.71. The van der Waals surface area contributed by atoms with Crippen LogP contribution in [0.25, 0.3) is 22.0 Å². The van der Waals surface area contributed by atoms with Gasteiger partial charge in [0.2, 0.25) is 0 Å². The number of esters is 4. The van der Waals surface area contributed by atoms with E-state index in [9.17, 15) is 24.0 Å². The van der Waals surface area contributed by atoms with Crippen molar-refractivity contribution >= 4 is 80.8 Å². The molecule has 0 saturated carbocycles. The van der Waals surface area contributed by atoms with Crippen molar-refractivity contribution in [2.45, 2.75) is 69.2 Å². The van der Waals surface area contributed by atoms with E-state index in [0.29, 0.717) is 27.6 Å². The highest BCUT2D eigenvalue weighted by Gasteiger charge is 2.53. The second-order valence-corrected chi connectivity index (χ2v) is 12.3. The van der Waals surface area contributed by atoms with Crippen molar-refractivity contribution in [2.75, 3.05) is 6.61 Å². The number of carbonyl (C=O) groups is 4. The quantitative estimate of drug-likeness (QED) is 0.0990. The summed E-state index contributed by atoms with van der Waals surface area (Å²) in [5.74, 6) is -2.88. The molecule has 5 unspecified atom stereocenters. The van der Waals surface area contributed by atoms with Gasteiger partial charge in [-0.2, -0.15) is 0 Å². The number of hydrogen-bond donors (Lipinski definition) is 0. The zero-order valence-corrected chi connectivity index (χ0v) is 27.7. The molecule has 0 radical (unpaired) electrons. The Bertz CT molecular complexity index is 1930. The maximum absolute atomic E-state index is 12.9. The predicted molar refractivity (Wildman–Crippen MR) is 169 cm³/mol. The Morgan fingerprint density at radius 1 is 0.872 bits per heavy atom. The van der Waals surface area contributed by atoms with Gasteiger partial charge in [0.15, 0.2) is 29.7 Å². The zero-order chi connectivity index (χ0) is 34.0. The van der Waals surface area contributed by atoms with Crippen LogP contribution in [0.15, 0.2) is 56.8 Å². The van der Waals surface area contributed by atoms with E-state index in [1.54, 1.807) is 22.8 Å². The Balaban J connectivity index is 1.66. The molecule has 47 heavy (non-hydrogen) atoms. The number of imidazole rings is 1. The van der Waals surface area contributed by atoms with Crippen LogP contribution in [0.4, 0.5) is 0 Å². The van der Waals surface area contributed by atoms with Crippen LogP contribution in [0.2, 0.25) is 10.0 Å². The molecule has 1 saturated heterocycles. The summed E-state index contributed by atoms with van der Waals surface area (Å²) in [4.78, 5) is 66.4. The molecule has 0 aliphatic carbocycles. The van der Waals surface area contributed by atoms with Gasteiger partial charge in [0, 0.05) is 44.4 Å². The van der Waals surface area contributed by atoms with E-state index in [0.717, 1.165) is 32.5 Å². The van der Waals surface area contributed by atoms with E-state index >= 15 is 0 Å². The van der Waals surface area contributed by atoms with Crippen LogP contribution in [0.5, 0.6) is 0 Å². The van der Waals surface area contributed by atoms with Gasteiger partial charge in [-0.05, 0) is 24.3 Å². The summed E-state index contributed by atoms with van der Waals surface area (Å²) < 4.78 is 35.4. The highest BCUT2D eigenvalue weighted by Crippen LogP contribution is 2.41. The number of thioether (sulfide) groups is 1. The molecule has 0 N–H and O–H groups in total. The number of aromatic nitrogens is 2. The molecule has 16 heteroatoms. The monoisotopic (exact) mass is 706 g/mol. The minimum atomic E-state index is -1.43. The largest absolute Gasteiger partial charge is 0.463 e. The first-order chi connectivity index (χ1) is 22.3. The number of fused-ring (bicyclic) bond motifs is 2. The summed E-state index contributed by atoms with van der Waals surface area (Å²) in [7, 11) is 0. The Morgan fingerprint density at radius 2 is 1.51 bits per heavy atom. The first-order valence-corrected chi connectivity index (χ1v) is 15.9. The minimum Gasteiger partial charge on any atom is -0.463 e. The molecular weight excluding hydrogens is 679 g/mol. The summed E-state index contributed by atoms with van der Waals surface area (Å²) in [6, 6.07) is 11.8. The molecule has 5 atom stereocenters. The van der Waals surface area contributed by atoms with Gasteiger partial charge in [-0.15, -0.1) is 0 Å². The SMILES string of the molecule is CC(=O)OCC1OC(n2c(SCc3cc4ccccc4oc3=O)nc3cc(Cl)c(Cl)cc32)C(OC(C)=O)C(OC(C)=O)C1OC(C)=O. The number of halogens is 2. The van der Waals surface area contributed by atoms with Crippen LogP contribution in [0.1, 0.15) is 39.5 Å². The summed E-state index contributed by atoms with van der Waals surface area (Å²) in [6.07, 6.45) is -6.75. The highest BCUT2D eigenvalue weighted by atomic mass is 35.5. The van der Waals surface area contributed by atoms with Crippen molar-refractivity contribution in [2.24, 2.45) is 0 Å². The van der Waals surface area contributed by atoms with Crippen molar-refractivity contribution in [3.05, 3.63) is 68.5 Å². The maximum atomic E-state index is 12.9. The molecule has 1 aliphatic rings. The zero-order valence-electron chi connectivity index (χ0n) is 25.4. The average Bonchev–Trinajstić information content (AvgIpc) is 3.33. The lowest BCUT2D eigenvalue weighted by Gasteiger charge is -2.45. The second-order valence-electron chi connectivity index (χ2n) is 10.5. The van der Waals surface area contributed by atoms with Crippen LogP contribution in [0.3, 0.4) is 0 Å². The number of carbonyl (C=O) groups excluding carboxylic acids is 4. The van der Waals surface area contributed by atoms with E-state index in [1.165, 1.54) is 19.1 Å². The topological polar surface area (TPSA) is 162 Å². The fourth-order valence-corrected chi connectivity index (χ4v) is 6.48. The Morgan fingerprint density at radius 3 is 2.19 bits per heavy atom. The molecule has 2 aromatic heterocycles. The Labute approximate surface area is 281 Å². The lowest BCUT2D eigenvalue weighted by Crippen LogP contribution is -2.60. The fraction of sp³-hybridized carbons (Fsp3) is 0.355. The molecule has 5 rings (SSSR count). The first kappa shape index (κ1) is 34.2. The first-order valence-electron chi connectivity index (χ1n) is 14.1. The number of benzene rings is 2. The third kappa shape index (κ3) is 7.73. The lowest BCUT2D eigenvalue weighted by atomic mass is 9.97. The molecule has 248 valence electrons. The van der Waals surface area contributed by atoms with Crippen LogP contribution in [-0.4, -0.2) is 64.5 Å². The summed E-state index contributed by atoms with van der Waals surface area (Å²) in [5, 5.41) is 1.34. The van der Waals surface area contributed by atoms with Crippen molar-refractivity contribution in [3.8, 4) is 0 Å². The Hall–Kier alpha value is -4.11. The van der Waals surface area contributed by atoms with Gasteiger partial charge in [-0.3, -0.25) is 23.7 Å². The number of rotatable bonds is 9. The third-order valence-electron chi connectivity index (χ3n) is 6.99. The van der Waals surface area contributed by atoms with Gasteiger partial charge < -0.3 is 28.1 Å². The summed E-state index contributed by atoms with van der Waals surface area (Å²) >= 11 is 13.9. The van der Waals surface area contributed by atoms with Gasteiger partial charge in [-0.25, -0.2) is 9.78 Å². The number of hydrogen-bond acceptors (Lipinski definition) is 13. The Kier molecular flexibility index (Phi) is 10.4. The van der Waals surface area contributed by atoms with Crippen molar-refractivity contribution in [3.63, 3.8) is 0 Å². The lowest BCUT2D eigenvalue weighted by molar-refractivity contribution is -0.269. The molecule has 2 aromatic carbocycles. The van der Waals surface area contributed by atoms with Gasteiger partial charge >= 0.3 is 29.5 Å². The standard InChI is InChI=1S/C31H28Cl2N2O11S/c1-14(36)41-12-25-26(42-15(2)37)27(43-16(3)38)28(44-17(4)39)29(45-25)35-23-11-21(33)20(32)10-22(23)34-31(35)47-13-19-9-18-7-5-6-8-24(18)46-30(19)40/h5-11,25-29H,12-13H2,1-4H3. The fourth-order valence-electron chi connectivity index (χ4n) is 5.18. The average molecular weight is 708 g/mol. The molecule has 0 amide bonds. The molecular formula is C31H28Cl2N2O11S. The van der Waals surface area contributed by atoms with Gasteiger partial charge in [0.1, 0.15) is 18.3 Å². The molecule has 1 aliphatic heterocycles. The van der Waals surface area contributed by atoms with Crippen LogP contribution >= 0.6 is 35.0 Å².